The fourth-order valence-corrected chi connectivity index (χ4v) is 1.61. The van der Waals surface area contributed by atoms with Gasteiger partial charge < -0.3 is 9.30 Å². The SMILES string of the molecule is C=COc1ccc2ccn(CC)c2c1. The van der Waals surface area contributed by atoms with Crippen LogP contribution < -0.4 is 4.74 Å². The fourth-order valence-electron chi connectivity index (χ4n) is 1.61. The molecular formula is C12H13NO. The van der Waals surface area contributed by atoms with Crippen molar-refractivity contribution < 1.29 is 4.74 Å². The predicted molar refractivity (Wildman–Crippen MR) is 58.4 cm³/mol. The molecule has 72 valence electrons. The number of hydrogen-bond donors (Lipinski definition) is 0. The molecule has 0 N–H and O–H groups in total. The molecule has 0 aliphatic heterocycles. The maximum Gasteiger partial charge on any atom is 0.128 e. The van der Waals surface area contributed by atoms with Gasteiger partial charge in [0.25, 0.3) is 0 Å². The monoisotopic (exact) mass is 187 g/mol. The molecule has 2 rings (SSSR count). The normalized spacial score (nSPS) is 10.4. The van der Waals surface area contributed by atoms with Crippen molar-refractivity contribution in [3.8, 4) is 5.75 Å². The molecule has 0 saturated heterocycles. The lowest BCUT2D eigenvalue weighted by Gasteiger charge is -2.03. The number of aromatic nitrogens is 1. The van der Waals surface area contributed by atoms with Crippen LogP contribution in [0.4, 0.5) is 0 Å². The molecule has 0 unspecified atom stereocenters. The van der Waals surface area contributed by atoms with Crippen molar-refractivity contribution in [3.05, 3.63) is 43.3 Å². The molecule has 0 amide bonds. The number of hydrogen-bond acceptors (Lipinski definition) is 1. The van der Waals surface area contributed by atoms with Gasteiger partial charge in [-0.2, -0.15) is 0 Å². The van der Waals surface area contributed by atoms with E-state index < -0.39 is 0 Å². The van der Waals surface area contributed by atoms with Crippen molar-refractivity contribution in [2.75, 3.05) is 0 Å². The lowest BCUT2D eigenvalue weighted by molar-refractivity contribution is 0.484. The third-order valence-corrected chi connectivity index (χ3v) is 2.31. The van der Waals surface area contributed by atoms with Gasteiger partial charge in [0, 0.05) is 18.8 Å². The second-order valence-electron chi connectivity index (χ2n) is 3.11. The van der Waals surface area contributed by atoms with E-state index in [9.17, 15) is 0 Å². The first-order valence-electron chi connectivity index (χ1n) is 4.71. The van der Waals surface area contributed by atoms with Gasteiger partial charge in [-0.1, -0.05) is 6.58 Å². The molecule has 0 bridgehead atoms. The number of benzene rings is 1. The van der Waals surface area contributed by atoms with E-state index in [-0.39, 0.29) is 0 Å². The topological polar surface area (TPSA) is 14.2 Å². The lowest BCUT2D eigenvalue weighted by atomic mass is 10.2. The van der Waals surface area contributed by atoms with Crippen LogP contribution >= 0.6 is 0 Å². The van der Waals surface area contributed by atoms with E-state index in [2.05, 4.69) is 36.4 Å². The predicted octanol–water partition coefficient (Wildman–Crippen LogP) is 3.18. The first kappa shape index (κ1) is 8.88. The molecule has 1 aromatic heterocycles. The van der Waals surface area contributed by atoms with Crippen molar-refractivity contribution in [3.63, 3.8) is 0 Å². The third-order valence-electron chi connectivity index (χ3n) is 2.31. The maximum atomic E-state index is 5.23. The summed E-state index contributed by atoms with van der Waals surface area (Å²) in [6.45, 7) is 6.64. The maximum absolute atomic E-state index is 5.23. The van der Waals surface area contributed by atoms with Gasteiger partial charge in [0.05, 0.1) is 11.8 Å². The highest BCUT2D eigenvalue weighted by Crippen LogP contribution is 2.21. The summed E-state index contributed by atoms with van der Waals surface area (Å²) in [5.74, 6) is 0.834. The Bertz CT molecular complexity index is 456. The summed E-state index contributed by atoms with van der Waals surface area (Å²) in [5, 5.41) is 1.24. The zero-order valence-electron chi connectivity index (χ0n) is 8.23. The molecule has 0 radical (unpaired) electrons. The van der Waals surface area contributed by atoms with Gasteiger partial charge in [0.2, 0.25) is 0 Å². The summed E-state index contributed by atoms with van der Waals surface area (Å²) < 4.78 is 7.42. The van der Waals surface area contributed by atoms with Crippen LogP contribution in [-0.2, 0) is 6.54 Å². The molecule has 14 heavy (non-hydrogen) atoms. The Morgan fingerprint density at radius 2 is 2.29 bits per heavy atom. The first-order chi connectivity index (χ1) is 6.85. The minimum Gasteiger partial charge on any atom is -0.466 e. The van der Waals surface area contributed by atoms with Gasteiger partial charge in [0.1, 0.15) is 5.75 Å². The molecule has 0 saturated carbocycles. The smallest absolute Gasteiger partial charge is 0.128 e. The number of aryl methyl sites for hydroxylation is 1. The average Bonchev–Trinajstić information content (AvgIpc) is 2.60. The van der Waals surface area contributed by atoms with Crippen LogP contribution in [0.3, 0.4) is 0 Å². The molecule has 1 heterocycles. The summed E-state index contributed by atoms with van der Waals surface area (Å²) in [6, 6.07) is 8.14. The van der Waals surface area contributed by atoms with Crippen LogP contribution in [-0.4, -0.2) is 4.57 Å². The van der Waals surface area contributed by atoms with Crippen molar-refractivity contribution in [1.82, 2.24) is 4.57 Å². The van der Waals surface area contributed by atoms with E-state index in [1.165, 1.54) is 17.2 Å². The molecule has 1 aromatic carbocycles. The Hall–Kier alpha value is -1.70. The van der Waals surface area contributed by atoms with Gasteiger partial charge in [0.15, 0.2) is 0 Å². The Labute approximate surface area is 83.4 Å². The van der Waals surface area contributed by atoms with E-state index in [0.717, 1.165) is 12.3 Å². The lowest BCUT2D eigenvalue weighted by Crippen LogP contribution is -1.90. The van der Waals surface area contributed by atoms with Gasteiger partial charge in [-0.05, 0) is 30.5 Å². The number of fused-ring (bicyclic) bond motifs is 1. The van der Waals surface area contributed by atoms with Gasteiger partial charge >= 0.3 is 0 Å². The van der Waals surface area contributed by atoms with Crippen molar-refractivity contribution in [2.45, 2.75) is 13.5 Å². The van der Waals surface area contributed by atoms with Crippen LogP contribution in [0, 0.1) is 0 Å². The molecule has 0 aliphatic carbocycles. The van der Waals surface area contributed by atoms with Gasteiger partial charge in [-0.25, -0.2) is 0 Å². The largest absolute Gasteiger partial charge is 0.466 e. The van der Waals surface area contributed by atoms with Crippen LogP contribution in [0.5, 0.6) is 5.75 Å². The third kappa shape index (κ3) is 1.39. The Morgan fingerprint density at radius 1 is 1.43 bits per heavy atom. The molecule has 2 heteroatoms. The van der Waals surface area contributed by atoms with Crippen LogP contribution in [0.2, 0.25) is 0 Å². The molecule has 0 fully saturated rings. The van der Waals surface area contributed by atoms with Crippen molar-refractivity contribution in [1.29, 1.82) is 0 Å². The second-order valence-corrected chi connectivity index (χ2v) is 3.11. The van der Waals surface area contributed by atoms with Crippen LogP contribution in [0.1, 0.15) is 6.92 Å². The molecular weight excluding hydrogens is 174 g/mol. The van der Waals surface area contributed by atoms with Crippen molar-refractivity contribution >= 4 is 10.9 Å². The number of ether oxygens (including phenoxy) is 1. The highest BCUT2D eigenvalue weighted by atomic mass is 16.5. The fraction of sp³-hybridized carbons (Fsp3) is 0.167. The summed E-state index contributed by atoms with van der Waals surface area (Å²) in [5.41, 5.74) is 1.20. The van der Waals surface area contributed by atoms with E-state index in [1.54, 1.807) is 0 Å². The molecule has 0 aliphatic rings. The summed E-state index contributed by atoms with van der Waals surface area (Å²) in [7, 11) is 0. The standard InChI is InChI=1S/C12H13NO/c1-3-13-8-7-10-5-6-11(14-4-2)9-12(10)13/h4-9H,2-3H2,1H3. The van der Waals surface area contributed by atoms with Crippen LogP contribution in [0.25, 0.3) is 10.9 Å². The van der Waals surface area contributed by atoms with Crippen molar-refractivity contribution in [2.24, 2.45) is 0 Å². The zero-order valence-corrected chi connectivity index (χ0v) is 8.23. The molecule has 0 atom stereocenters. The summed E-state index contributed by atoms with van der Waals surface area (Å²) in [4.78, 5) is 0. The highest BCUT2D eigenvalue weighted by Gasteiger charge is 2.00. The van der Waals surface area contributed by atoms with E-state index in [1.807, 2.05) is 12.1 Å². The Morgan fingerprint density at radius 3 is 3.00 bits per heavy atom. The van der Waals surface area contributed by atoms with Gasteiger partial charge in [-0.15, -0.1) is 0 Å². The molecule has 0 spiro atoms. The minimum absolute atomic E-state index is 0.834. The second kappa shape index (κ2) is 3.58. The quantitative estimate of drug-likeness (QED) is 0.673. The minimum atomic E-state index is 0.834. The molecule has 2 aromatic rings. The zero-order chi connectivity index (χ0) is 9.97. The number of nitrogens with zero attached hydrogens (tertiary/aromatic N) is 1. The van der Waals surface area contributed by atoms with E-state index in [0.29, 0.717) is 0 Å². The van der Waals surface area contributed by atoms with E-state index in [4.69, 9.17) is 4.74 Å². The Kier molecular flexibility index (Phi) is 2.27. The Balaban J connectivity index is 2.55. The van der Waals surface area contributed by atoms with Gasteiger partial charge in [-0.3, -0.25) is 0 Å². The van der Waals surface area contributed by atoms with E-state index >= 15 is 0 Å². The summed E-state index contributed by atoms with van der Waals surface area (Å²) in [6.07, 6.45) is 3.53. The van der Waals surface area contributed by atoms with Crippen LogP contribution in [0.15, 0.2) is 43.3 Å². The molecule has 2 nitrogen and oxygen atoms in total. The average molecular weight is 187 g/mol. The highest BCUT2D eigenvalue weighted by molar-refractivity contribution is 5.81. The first-order valence-corrected chi connectivity index (χ1v) is 4.71. The summed E-state index contributed by atoms with van der Waals surface area (Å²) >= 11 is 0. The number of rotatable bonds is 3.